The molecule has 2 aromatic rings. The SMILES string of the molecule is Cc1cccc(C)c1NC(=O)[C@@H](C)OC(=O)[C@@H]1CC(=O)Nc2cc(F)ccc21. The summed E-state index contributed by atoms with van der Waals surface area (Å²) in [6, 6.07) is 9.44. The van der Waals surface area contributed by atoms with Crippen LogP contribution < -0.4 is 10.6 Å². The van der Waals surface area contributed by atoms with E-state index in [0.29, 0.717) is 11.3 Å². The van der Waals surface area contributed by atoms with Crippen LogP contribution in [0.1, 0.15) is 36.0 Å². The summed E-state index contributed by atoms with van der Waals surface area (Å²) >= 11 is 0. The smallest absolute Gasteiger partial charge is 0.314 e. The molecule has 0 saturated carbocycles. The van der Waals surface area contributed by atoms with Gasteiger partial charge < -0.3 is 15.4 Å². The van der Waals surface area contributed by atoms with Gasteiger partial charge >= 0.3 is 5.97 Å². The van der Waals surface area contributed by atoms with Crippen molar-refractivity contribution in [2.24, 2.45) is 0 Å². The van der Waals surface area contributed by atoms with Gasteiger partial charge in [0.1, 0.15) is 5.82 Å². The molecule has 0 aromatic heterocycles. The molecular weight excluding hydrogens is 363 g/mol. The van der Waals surface area contributed by atoms with Crippen LogP contribution in [0, 0.1) is 19.7 Å². The third-order valence-electron chi connectivity index (χ3n) is 4.73. The van der Waals surface area contributed by atoms with Crippen LogP contribution in [-0.2, 0) is 19.1 Å². The van der Waals surface area contributed by atoms with Crippen LogP contribution in [-0.4, -0.2) is 23.9 Å². The largest absolute Gasteiger partial charge is 0.452 e. The molecule has 2 atom stereocenters. The maximum atomic E-state index is 13.4. The number of nitrogens with one attached hydrogen (secondary N) is 2. The molecule has 2 amide bonds. The van der Waals surface area contributed by atoms with E-state index in [1.165, 1.54) is 19.1 Å². The zero-order chi connectivity index (χ0) is 20.4. The predicted molar refractivity (Wildman–Crippen MR) is 102 cm³/mol. The number of aryl methyl sites for hydroxylation is 2. The van der Waals surface area contributed by atoms with Crippen LogP contribution in [0.2, 0.25) is 0 Å². The number of hydrogen-bond acceptors (Lipinski definition) is 4. The normalized spacial score (nSPS) is 16.6. The first kappa shape index (κ1) is 19.5. The van der Waals surface area contributed by atoms with Crippen molar-refractivity contribution in [2.75, 3.05) is 10.6 Å². The summed E-state index contributed by atoms with van der Waals surface area (Å²) in [4.78, 5) is 37.0. The van der Waals surface area contributed by atoms with Gasteiger partial charge in [0.25, 0.3) is 5.91 Å². The Morgan fingerprint density at radius 2 is 1.89 bits per heavy atom. The molecule has 3 rings (SSSR count). The Morgan fingerprint density at radius 1 is 1.21 bits per heavy atom. The number of anilines is 2. The molecule has 0 bridgehead atoms. The number of halogens is 1. The van der Waals surface area contributed by atoms with Crippen LogP contribution in [0.4, 0.5) is 15.8 Å². The second-order valence-electron chi connectivity index (χ2n) is 6.87. The topological polar surface area (TPSA) is 84.5 Å². The third kappa shape index (κ3) is 4.03. The molecule has 0 unspecified atom stereocenters. The summed E-state index contributed by atoms with van der Waals surface area (Å²) in [6.07, 6.45) is -1.18. The first-order valence-corrected chi connectivity index (χ1v) is 8.93. The summed E-state index contributed by atoms with van der Waals surface area (Å²) in [5.74, 6) is -2.99. The number of carbonyl (C=O) groups is 3. The Labute approximate surface area is 162 Å². The highest BCUT2D eigenvalue weighted by Crippen LogP contribution is 2.34. The highest BCUT2D eigenvalue weighted by molar-refractivity contribution is 6.01. The molecule has 1 aliphatic heterocycles. The average Bonchev–Trinajstić information content (AvgIpc) is 2.63. The van der Waals surface area contributed by atoms with Gasteiger partial charge in [0, 0.05) is 17.8 Å². The van der Waals surface area contributed by atoms with Crippen molar-refractivity contribution >= 4 is 29.2 Å². The van der Waals surface area contributed by atoms with E-state index in [9.17, 15) is 18.8 Å². The van der Waals surface area contributed by atoms with Crippen LogP contribution in [0.5, 0.6) is 0 Å². The van der Waals surface area contributed by atoms with Gasteiger partial charge in [-0.25, -0.2) is 4.39 Å². The van der Waals surface area contributed by atoms with Crippen molar-refractivity contribution in [3.8, 4) is 0 Å². The summed E-state index contributed by atoms with van der Waals surface area (Å²) in [6.45, 7) is 5.21. The Kier molecular flexibility index (Phi) is 5.44. The highest BCUT2D eigenvalue weighted by atomic mass is 19.1. The van der Waals surface area contributed by atoms with E-state index in [-0.39, 0.29) is 12.1 Å². The van der Waals surface area contributed by atoms with Crippen molar-refractivity contribution < 1.29 is 23.5 Å². The molecule has 1 aliphatic rings. The maximum absolute atomic E-state index is 13.4. The average molecular weight is 384 g/mol. The lowest BCUT2D eigenvalue weighted by molar-refractivity contribution is -0.155. The van der Waals surface area contributed by atoms with Crippen LogP contribution in [0.15, 0.2) is 36.4 Å². The van der Waals surface area contributed by atoms with Gasteiger partial charge in [-0.05, 0) is 49.6 Å². The van der Waals surface area contributed by atoms with E-state index in [1.807, 2.05) is 32.0 Å². The van der Waals surface area contributed by atoms with Crippen molar-refractivity contribution in [1.29, 1.82) is 0 Å². The van der Waals surface area contributed by atoms with Crippen LogP contribution in [0.3, 0.4) is 0 Å². The standard InChI is InChI=1S/C21H21FN2O4/c1-11-5-4-6-12(2)19(11)24-20(26)13(3)28-21(27)16-10-18(25)23-17-9-14(22)7-8-15(16)17/h4-9,13,16H,10H2,1-3H3,(H,23,25)(H,24,26)/t13-,16-/m1/s1. The second-order valence-corrected chi connectivity index (χ2v) is 6.87. The molecule has 0 radical (unpaired) electrons. The summed E-state index contributed by atoms with van der Waals surface area (Å²) in [5, 5.41) is 5.32. The van der Waals surface area contributed by atoms with Crippen molar-refractivity contribution in [2.45, 2.75) is 39.2 Å². The summed E-state index contributed by atoms with van der Waals surface area (Å²) in [5.41, 5.74) is 3.17. The summed E-state index contributed by atoms with van der Waals surface area (Å²) in [7, 11) is 0. The molecule has 6 nitrogen and oxygen atoms in total. The number of esters is 1. The highest BCUT2D eigenvalue weighted by Gasteiger charge is 2.34. The van der Waals surface area contributed by atoms with Crippen LogP contribution >= 0.6 is 0 Å². The maximum Gasteiger partial charge on any atom is 0.314 e. The predicted octanol–water partition coefficient (Wildman–Crippen LogP) is 3.44. The fourth-order valence-corrected chi connectivity index (χ4v) is 3.19. The molecule has 146 valence electrons. The molecule has 2 N–H and O–H groups in total. The quantitative estimate of drug-likeness (QED) is 0.791. The Hall–Kier alpha value is -3.22. The minimum atomic E-state index is -1.06. The minimum Gasteiger partial charge on any atom is -0.452 e. The van der Waals surface area contributed by atoms with Gasteiger partial charge in [0.05, 0.1) is 5.92 Å². The third-order valence-corrected chi connectivity index (χ3v) is 4.73. The number of ether oxygens (including phenoxy) is 1. The molecule has 7 heteroatoms. The molecule has 2 aromatic carbocycles. The first-order valence-electron chi connectivity index (χ1n) is 8.93. The van der Waals surface area contributed by atoms with Crippen LogP contribution in [0.25, 0.3) is 0 Å². The van der Waals surface area contributed by atoms with Gasteiger partial charge in [-0.1, -0.05) is 24.3 Å². The summed E-state index contributed by atoms with van der Waals surface area (Å²) < 4.78 is 18.7. The van der Waals surface area contributed by atoms with Gasteiger partial charge in [-0.3, -0.25) is 14.4 Å². The molecule has 1 heterocycles. The second kappa shape index (κ2) is 7.80. The molecular formula is C21H21FN2O4. The lowest BCUT2D eigenvalue weighted by Crippen LogP contribution is -2.34. The number of amides is 2. The molecule has 0 spiro atoms. The van der Waals surface area contributed by atoms with Crippen molar-refractivity contribution in [3.63, 3.8) is 0 Å². The van der Waals surface area contributed by atoms with Gasteiger partial charge in [-0.15, -0.1) is 0 Å². The lowest BCUT2D eigenvalue weighted by atomic mass is 9.90. The monoisotopic (exact) mass is 384 g/mol. The number of benzene rings is 2. The Balaban J connectivity index is 1.72. The minimum absolute atomic E-state index is 0.122. The van der Waals surface area contributed by atoms with E-state index in [0.717, 1.165) is 17.2 Å². The fraction of sp³-hybridized carbons (Fsp3) is 0.286. The molecule has 0 aliphatic carbocycles. The molecule has 28 heavy (non-hydrogen) atoms. The van der Waals surface area contributed by atoms with Gasteiger partial charge in [0.2, 0.25) is 5.91 Å². The van der Waals surface area contributed by atoms with E-state index < -0.39 is 35.6 Å². The number of hydrogen-bond donors (Lipinski definition) is 2. The van der Waals surface area contributed by atoms with E-state index in [1.54, 1.807) is 0 Å². The number of carbonyl (C=O) groups excluding carboxylic acids is 3. The fourth-order valence-electron chi connectivity index (χ4n) is 3.19. The lowest BCUT2D eigenvalue weighted by Gasteiger charge is -2.25. The first-order chi connectivity index (χ1) is 13.3. The Morgan fingerprint density at radius 3 is 2.57 bits per heavy atom. The number of para-hydroxylation sites is 1. The van der Waals surface area contributed by atoms with E-state index in [2.05, 4.69) is 10.6 Å². The van der Waals surface area contributed by atoms with Gasteiger partial charge in [-0.2, -0.15) is 0 Å². The molecule has 0 fully saturated rings. The van der Waals surface area contributed by atoms with E-state index in [4.69, 9.17) is 4.74 Å². The number of rotatable bonds is 4. The molecule has 0 saturated heterocycles. The zero-order valence-electron chi connectivity index (χ0n) is 15.8. The van der Waals surface area contributed by atoms with Gasteiger partial charge in [0.15, 0.2) is 6.10 Å². The zero-order valence-corrected chi connectivity index (χ0v) is 15.8. The number of fused-ring (bicyclic) bond motifs is 1. The van der Waals surface area contributed by atoms with Crippen molar-refractivity contribution in [1.82, 2.24) is 0 Å². The van der Waals surface area contributed by atoms with Crippen molar-refractivity contribution in [3.05, 3.63) is 58.9 Å². The van der Waals surface area contributed by atoms with E-state index >= 15 is 0 Å². The Bertz CT molecular complexity index is 937.